The Hall–Kier alpha value is -4.31. The monoisotopic (exact) mass is 410 g/mol. The number of benzene rings is 2. The first-order chi connectivity index (χ1) is 15.0. The molecule has 0 saturated heterocycles. The largest absolute Gasteiger partial charge is 0.406 e. The molecule has 7 heteroatoms. The van der Waals surface area contributed by atoms with Crippen molar-refractivity contribution in [2.75, 3.05) is 5.73 Å². The lowest BCUT2D eigenvalue weighted by Crippen LogP contribution is -2.35. The minimum absolute atomic E-state index is 0.0466. The Morgan fingerprint density at radius 3 is 2.35 bits per heavy atom. The Morgan fingerprint density at radius 2 is 1.71 bits per heavy atom. The van der Waals surface area contributed by atoms with E-state index < -0.39 is 11.5 Å². The first-order valence-corrected chi connectivity index (χ1v) is 9.74. The van der Waals surface area contributed by atoms with Crippen LogP contribution < -0.4 is 22.3 Å². The van der Waals surface area contributed by atoms with E-state index in [0.717, 1.165) is 22.3 Å². The van der Waals surface area contributed by atoms with Crippen LogP contribution in [-0.4, -0.2) is 9.55 Å². The first-order valence-electron chi connectivity index (χ1n) is 9.74. The van der Waals surface area contributed by atoms with Crippen LogP contribution in [0.15, 0.2) is 62.2 Å². The third kappa shape index (κ3) is 2.97. The number of hydrogen-bond donors (Lipinski definition) is 1. The van der Waals surface area contributed by atoms with E-state index in [0.29, 0.717) is 5.69 Å². The smallest absolute Gasteiger partial charge is 0.362 e. The van der Waals surface area contributed by atoms with Gasteiger partial charge in [0.2, 0.25) is 11.4 Å². The fourth-order valence-electron chi connectivity index (χ4n) is 3.85. The van der Waals surface area contributed by atoms with Gasteiger partial charge in [0.15, 0.2) is 0 Å². The summed E-state index contributed by atoms with van der Waals surface area (Å²) in [5, 5.41) is 10.2. The van der Waals surface area contributed by atoms with E-state index >= 15 is 0 Å². The maximum Gasteiger partial charge on any atom is 0.362 e. The van der Waals surface area contributed by atoms with Crippen LogP contribution in [0.3, 0.4) is 0 Å². The number of nitrogen functional groups attached to an aromatic ring is 1. The van der Waals surface area contributed by atoms with Gasteiger partial charge >= 0.3 is 5.63 Å². The maximum absolute atomic E-state index is 12.8. The molecule has 7 nitrogen and oxygen atoms in total. The predicted molar refractivity (Wildman–Crippen MR) is 115 cm³/mol. The summed E-state index contributed by atoms with van der Waals surface area (Å²) in [4.78, 5) is 17.2. The standard InChI is InChI=1S/C24H18N4O3/c1-13-3-7-15(8-4-13)11-18-23(29)30-21-17(12-25)19(16-9-5-14(2)6-10-16)20-22(28(18)21)31-24(26)27-20/h3-11,19H,1-2H3,(H2,26,27)/b18-11+. The van der Waals surface area contributed by atoms with E-state index in [1.165, 1.54) is 4.57 Å². The highest BCUT2D eigenvalue weighted by Gasteiger charge is 2.35. The van der Waals surface area contributed by atoms with Gasteiger partial charge in [0.25, 0.3) is 6.01 Å². The van der Waals surface area contributed by atoms with Gasteiger partial charge in [-0.15, -0.1) is 0 Å². The van der Waals surface area contributed by atoms with Crippen LogP contribution in [0.5, 0.6) is 0 Å². The molecule has 2 aromatic carbocycles. The average molecular weight is 410 g/mol. The summed E-state index contributed by atoms with van der Waals surface area (Å²) >= 11 is 0. The van der Waals surface area contributed by atoms with Crippen molar-refractivity contribution in [1.82, 2.24) is 9.55 Å². The van der Waals surface area contributed by atoms with Crippen molar-refractivity contribution in [3.63, 3.8) is 0 Å². The number of aryl methyl sites for hydroxylation is 2. The minimum atomic E-state index is -0.575. The second kappa shape index (κ2) is 6.89. The molecule has 0 saturated carbocycles. The van der Waals surface area contributed by atoms with Crippen LogP contribution in [0.25, 0.3) is 17.5 Å². The van der Waals surface area contributed by atoms with Crippen LogP contribution >= 0.6 is 0 Å². The molecule has 1 aliphatic rings. The predicted octanol–water partition coefficient (Wildman–Crippen LogP) is 2.27. The van der Waals surface area contributed by atoms with Gasteiger partial charge in [-0.3, -0.25) is 0 Å². The Labute approximate surface area is 177 Å². The second-order valence-electron chi connectivity index (χ2n) is 7.58. The van der Waals surface area contributed by atoms with Gasteiger partial charge in [-0.25, -0.2) is 9.36 Å². The fraction of sp³-hybridized carbons (Fsp3) is 0.125. The highest BCUT2D eigenvalue weighted by atomic mass is 16.4. The van der Waals surface area contributed by atoms with Crippen LogP contribution in [0.4, 0.5) is 6.01 Å². The molecule has 0 fully saturated rings. The summed E-state index contributed by atoms with van der Waals surface area (Å²) in [7, 11) is 0. The molecule has 2 aromatic heterocycles. The van der Waals surface area contributed by atoms with E-state index in [-0.39, 0.29) is 28.4 Å². The van der Waals surface area contributed by atoms with Gasteiger partial charge in [-0.2, -0.15) is 10.2 Å². The number of hydrogen-bond acceptors (Lipinski definition) is 6. The maximum atomic E-state index is 12.8. The number of aromatic nitrogens is 2. The zero-order valence-corrected chi connectivity index (χ0v) is 16.9. The van der Waals surface area contributed by atoms with Gasteiger partial charge in [0.1, 0.15) is 22.7 Å². The van der Waals surface area contributed by atoms with Crippen molar-refractivity contribution in [2.24, 2.45) is 0 Å². The molecule has 1 atom stereocenters. The molecule has 0 spiro atoms. The number of nitriles is 1. The van der Waals surface area contributed by atoms with Crippen molar-refractivity contribution in [2.45, 2.75) is 19.8 Å². The first kappa shape index (κ1) is 18.7. The number of nitrogens with zero attached hydrogens (tertiary/aromatic N) is 3. The lowest BCUT2D eigenvalue weighted by atomic mass is 9.87. The van der Waals surface area contributed by atoms with Gasteiger partial charge < -0.3 is 14.6 Å². The van der Waals surface area contributed by atoms with Gasteiger partial charge in [0, 0.05) is 0 Å². The molecular formula is C24H18N4O3. The molecule has 31 heavy (non-hydrogen) atoms. The molecule has 4 aromatic rings. The van der Waals surface area contributed by atoms with E-state index in [2.05, 4.69) is 11.1 Å². The van der Waals surface area contributed by atoms with Gasteiger partial charge in [0.05, 0.1) is 5.92 Å². The molecule has 5 rings (SSSR count). The van der Waals surface area contributed by atoms with E-state index in [1.807, 2.05) is 62.4 Å². The van der Waals surface area contributed by atoms with Crippen molar-refractivity contribution < 1.29 is 8.83 Å². The lowest BCUT2D eigenvalue weighted by Gasteiger charge is -2.19. The summed E-state index contributed by atoms with van der Waals surface area (Å²) in [5.74, 6) is -0.277. The highest BCUT2D eigenvalue weighted by Crippen LogP contribution is 2.37. The molecule has 1 unspecified atom stereocenters. The second-order valence-corrected chi connectivity index (χ2v) is 7.58. The summed E-state index contributed by atoms with van der Waals surface area (Å²) in [6.45, 7) is 3.97. The van der Waals surface area contributed by atoms with Crippen LogP contribution in [0.1, 0.15) is 33.9 Å². The minimum Gasteiger partial charge on any atom is -0.406 e. The Morgan fingerprint density at radius 1 is 1.06 bits per heavy atom. The summed E-state index contributed by atoms with van der Waals surface area (Å²) in [6.07, 6.45) is 1.69. The van der Waals surface area contributed by atoms with Crippen molar-refractivity contribution in [3.8, 4) is 12.0 Å². The van der Waals surface area contributed by atoms with Gasteiger partial charge in [-0.05, 0) is 31.1 Å². The average Bonchev–Trinajstić information content (AvgIpc) is 3.28. The molecule has 3 heterocycles. The number of fused-ring (bicyclic) bond motifs is 3. The molecule has 2 N–H and O–H groups in total. The van der Waals surface area contributed by atoms with Crippen LogP contribution in [-0.2, 0) is 0 Å². The van der Waals surface area contributed by atoms with Crippen molar-refractivity contribution in [1.29, 1.82) is 5.26 Å². The Balaban J connectivity index is 1.86. The zero-order valence-electron chi connectivity index (χ0n) is 16.9. The number of anilines is 1. The zero-order chi connectivity index (χ0) is 21.7. The summed E-state index contributed by atoms with van der Waals surface area (Å²) < 4.78 is 12.8. The van der Waals surface area contributed by atoms with E-state index in [4.69, 9.17) is 14.6 Å². The number of oxazole rings is 2. The van der Waals surface area contributed by atoms with E-state index in [9.17, 15) is 10.1 Å². The molecule has 152 valence electrons. The third-order valence-electron chi connectivity index (χ3n) is 5.40. The molecule has 1 aliphatic heterocycles. The number of nitrogens with two attached hydrogens (primary N) is 1. The highest BCUT2D eigenvalue weighted by molar-refractivity contribution is 5.73. The quantitative estimate of drug-likeness (QED) is 0.543. The molecule has 0 aliphatic carbocycles. The van der Waals surface area contributed by atoms with Crippen molar-refractivity contribution in [3.05, 3.63) is 97.8 Å². The molecule has 0 radical (unpaired) electrons. The van der Waals surface area contributed by atoms with Crippen LogP contribution in [0.2, 0.25) is 0 Å². The summed E-state index contributed by atoms with van der Waals surface area (Å²) in [5.41, 5.74) is 10.0. The lowest BCUT2D eigenvalue weighted by molar-refractivity contribution is 0.455. The van der Waals surface area contributed by atoms with Crippen LogP contribution in [0, 0.1) is 25.2 Å². The normalized spacial score (nSPS) is 15.5. The molecule has 0 bridgehead atoms. The van der Waals surface area contributed by atoms with Gasteiger partial charge in [-0.1, -0.05) is 59.7 Å². The van der Waals surface area contributed by atoms with Crippen molar-refractivity contribution >= 4 is 17.7 Å². The number of rotatable bonds is 2. The summed E-state index contributed by atoms with van der Waals surface area (Å²) in [6, 6.07) is 17.6. The molecular weight excluding hydrogens is 392 g/mol. The fourth-order valence-corrected chi connectivity index (χ4v) is 3.85. The molecule has 0 amide bonds. The topological polar surface area (TPSA) is 111 Å². The third-order valence-corrected chi connectivity index (χ3v) is 5.40. The Kier molecular flexibility index (Phi) is 4.15. The Bertz CT molecular complexity index is 1530. The van der Waals surface area contributed by atoms with E-state index in [1.54, 1.807) is 6.08 Å². The SMILES string of the molecule is Cc1ccc(/C=c2\c(=O)oc3n2-c2oc(N)nc2C(c2ccc(C)cc2)C=3C#N)cc1.